The third kappa shape index (κ3) is 10.9. The van der Waals surface area contributed by atoms with Gasteiger partial charge in [-0.25, -0.2) is 9.18 Å². The van der Waals surface area contributed by atoms with E-state index in [2.05, 4.69) is 13.5 Å². The number of hydrogen-bond acceptors (Lipinski definition) is 7. The standard InChI is InChI=1S/C29H39FO8S/c1-5-8-15-36-28-20-23(27(35-7-3)18-21(4)29(31)32)11-13-26(28)37-16-14-22-10-12-25(24(30)19-22)38-39(33,34)17-9-6-2/h10-13,19-20,27H,4-9,14-18H2,1-3H3,(H,31,32). The lowest BCUT2D eigenvalue weighted by molar-refractivity contribution is -0.133. The van der Waals surface area contributed by atoms with E-state index < -0.39 is 28.0 Å². The third-order valence-corrected chi connectivity index (χ3v) is 7.03. The molecule has 0 aliphatic heterocycles. The van der Waals surface area contributed by atoms with Gasteiger partial charge in [0.15, 0.2) is 23.1 Å². The molecule has 2 aromatic rings. The lowest BCUT2D eigenvalue weighted by Gasteiger charge is -2.20. The largest absolute Gasteiger partial charge is 0.490 e. The van der Waals surface area contributed by atoms with Crippen molar-refractivity contribution in [1.29, 1.82) is 0 Å². The van der Waals surface area contributed by atoms with Crippen LogP contribution in [0.3, 0.4) is 0 Å². The molecule has 2 rings (SSSR count). The monoisotopic (exact) mass is 566 g/mol. The Bertz CT molecular complexity index is 1200. The molecule has 1 atom stereocenters. The van der Waals surface area contributed by atoms with E-state index in [-0.39, 0.29) is 30.1 Å². The number of carbonyl (C=O) groups is 1. The van der Waals surface area contributed by atoms with Crippen molar-refractivity contribution in [3.63, 3.8) is 0 Å². The Hall–Kier alpha value is -3.11. The van der Waals surface area contributed by atoms with Gasteiger partial charge in [-0.2, -0.15) is 8.42 Å². The molecule has 0 fully saturated rings. The second-order valence-electron chi connectivity index (χ2n) is 9.03. The van der Waals surface area contributed by atoms with Crippen molar-refractivity contribution in [3.05, 3.63) is 65.5 Å². The van der Waals surface area contributed by atoms with E-state index in [9.17, 15) is 22.7 Å². The lowest BCUT2D eigenvalue weighted by Crippen LogP contribution is -2.14. The van der Waals surface area contributed by atoms with E-state index in [0.717, 1.165) is 18.4 Å². The number of benzene rings is 2. The van der Waals surface area contributed by atoms with E-state index in [1.54, 1.807) is 24.3 Å². The molecule has 0 amide bonds. The smallest absolute Gasteiger partial charge is 0.331 e. The molecule has 1 N–H and O–H groups in total. The zero-order chi connectivity index (χ0) is 28.8. The Balaban J connectivity index is 2.12. The van der Waals surface area contributed by atoms with Gasteiger partial charge in [-0.3, -0.25) is 0 Å². The highest BCUT2D eigenvalue weighted by Crippen LogP contribution is 2.34. The van der Waals surface area contributed by atoms with Gasteiger partial charge < -0.3 is 23.5 Å². The molecule has 2 aromatic carbocycles. The van der Waals surface area contributed by atoms with Gasteiger partial charge in [0, 0.05) is 25.0 Å². The maximum atomic E-state index is 14.5. The van der Waals surface area contributed by atoms with E-state index in [1.807, 2.05) is 13.8 Å². The summed E-state index contributed by atoms with van der Waals surface area (Å²) in [6, 6.07) is 9.46. The summed E-state index contributed by atoms with van der Waals surface area (Å²) in [7, 11) is -3.85. The van der Waals surface area contributed by atoms with Crippen molar-refractivity contribution in [2.45, 2.75) is 65.4 Å². The van der Waals surface area contributed by atoms with Gasteiger partial charge in [-0.1, -0.05) is 45.4 Å². The molecular weight excluding hydrogens is 527 g/mol. The van der Waals surface area contributed by atoms with E-state index in [1.165, 1.54) is 12.1 Å². The number of unbranched alkanes of at least 4 members (excludes halogenated alkanes) is 2. The molecule has 0 saturated carbocycles. The molecule has 8 nitrogen and oxygen atoms in total. The van der Waals surface area contributed by atoms with Gasteiger partial charge in [0.25, 0.3) is 0 Å². The highest BCUT2D eigenvalue weighted by molar-refractivity contribution is 7.87. The van der Waals surface area contributed by atoms with Crippen LogP contribution in [0.2, 0.25) is 0 Å². The summed E-state index contributed by atoms with van der Waals surface area (Å²) < 4.78 is 61.1. The second kappa shape index (κ2) is 16.1. The summed E-state index contributed by atoms with van der Waals surface area (Å²) >= 11 is 0. The van der Waals surface area contributed by atoms with Crippen molar-refractivity contribution in [2.75, 3.05) is 25.6 Å². The first-order valence-electron chi connectivity index (χ1n) is 13.2. The highest BCUT2D eigenvalue weighted by atomic mass is 32.2. The molecular formula is C29H39FO8S. The second-order valence-corrected chi connectivity index (χ2v) is 10.7. The predicted molar refractivity (Wildman–Crippen MR) is 148 cm³/mol. The number of aliphatic carboxylic acids is 1. The van der Waals surface area contributed by atoms with Crippen molar-refractivity contribution >= 4 is 16.1 Å². The van der Waals surface area contributed by atoms with Gasteiger partial charge in [0.1, 0.15) is 0 Å². The van der Waals surface area contributed by atoms with E-state index in [4.69, 9.17) is 18.4 Å². The van der Waals surface area contributed by atoms with Crippen LogP contribution in [0.15, 0.2) is 48.6 Å². The Morgan fingerprint density at radius 3 is 2.31 bits per heavy atom. The van der Waals surface area contributed by atoms with E-state index in [0.29, 0.717) is 49.5 Å². The number of hydrogen-bond donors (Lipinski definition) is 1. The number of rotatable bonds is 19. The first-order chi connectivity index (χ1) is 18.6. The molecule has 0 spiro atoms. The number of ether oxygens (including phenoxy) is 3. The highest BCUT2D eigenvalue weighted by Gasteiger charge is 2.19. The Labute approximate surface area is 230 Å². The molecule has 0 radical (unpaired) electrons. The summed E-state index contributed by atoms with van der Waals surface area (Å²) in [6.45, 7) is 10.4. The number of carboxylic acids is 1. The Morgan fingerprint density at radius 1 is 0.974 bits per heavy atom. The van der Waals surface area contributed by atoms with Crippen LogP contribution in [-0.4, -0.2) is 45.1 Å². The third-order valence-electron chi connectivity index (χ3n) is 5.81. The number of halogens is 1. The number of carboxylic acid groups (broad SMARTS) is 1. The summed E-state index contributed by atoms with van der Waals surface area (Å²) in [5.74, 6) is -1.34. The predicted octanol–water partition coefficient (Wildman–Crippen LogP) is 6.24. The molecule has 216 valence electrons. The molecule has 0 aliphatic rings. The average molecular weight is 567 g/mol. The first kappa shape index (κ1) is 32.1. The SMILES string of the molecule is C=C(CC(OCC)c1ccc(OCCc2ccc(OS(=O)(=O)CCCC)c(F)c2)c(OCCCC)c1)C(=O)O. The van der Waals surface area contributed by atoms with Crippen LogP contribution in [0.1, 0.15) is 70.1 Å². The maximum Gasteiger partial charge on any atom is 0.331 e. The minimum absolute atomic E-state index is 0.0458. The molecule has 0 aromatic heterocycles. The molecule has 39 heavy (non-hydrogen) atoms. The fourth-order valence-corrected chi connectivity index (χ4v) is 4.75. The van der Waals surface area contributed by atoms with Crippen LogP contribution >= 0.6 is 0 Å². The summed E-state index contributed by atoms with van der Waals surface area (Å²) in [6.07, 6.45) is 2.90. The van der Waals surface area contributed by atoms with Gasteiger partial charge in [-0.15, -0.1) is 0 Å². The zero-order valence-corrected chi connectivity index (χ0v) is 23.7. The summed E-state index contributed by atoms with van der Waals surface area (Å²) in [4.78, 5) is 11.3. The molecule has 10 heteroatoms. The fourth-order valence-electron chi connectivity index (χ4n) is 3.61. The van der Waals surface area contributed by atoms with Crippen molar-refractivity contribution in [2.24, 2.45) is 0 Å². The normalized spacial score (nSPS) is 12.1. The van der Waals surface area contributed by atoms with Crippen LogP contribution in [-0.2, 0) is 26.1 Å². The minimum atomic E-state index is -3.85. The average Bonchev–Trinajstić information content (AvgIpc) is 2.89. The zero-order valence-electron chi connectivity index (χ0n) is 22.9. The van der Waals surface area contributed by atoms with Crippen LogP contribution in [0.25, 0.3) is 0 Å². The maximum absolute atomic E-state index is 14.5. The fraction of sp³-hybridized carbons (Fsp3) is 0.483. The molecule has 1 unspecified atom stereocenters. The van der Waals surface area contributed by atoms with Crippen LogP contribution < -0.4 is 13.7 Å². The van der Waals surface area contributed by atoms with Gasteiger partial charge in [-0.05, 0) is 55.2 Å². The van der Waals surface area contributed by atoms with Crippen LogP contribution in [0, 0.1) is 5.82 Å². The van der Waals surface area contributed by atoms with Crippen molar-refractivity contribution in [1.82, 2.24) is 0 Å². The van der Waals surface area contributed by atoms with Crippen molar-refractivity contribution < 1.29 is 41.1 Å². The lowest BCUT2D eigenvalue weighted by atomic mass is 10.0. The first-order valence-corrected chi connectivity index (χ1v) is 14.8. The molecule has 0 aliphatic carbocycles. The molecule has 0 bridgehead atoms. The Kier molecular flexibility index (Phi) is 13.3. The van der Waals surface area contributed by atoms with Gasteiger partial charge >= 0.3 is 16.1 Å². The topological polar surface area (TPSA) is 108 Å². The van der Waals surface area contributed by atoms with Crippen LogP contribution in [0.4, 0.5) is 4.39 Å². The Morgan fingerprint density at radius 2 is 1.67 bits per heavy atom. The summed E-state index contributed by atoms with van der Waals surface area (Å²) in [5, 5.41) is 9.24. The van der Waals surface area contributed by atoms with Crippen LogP contribution in [0.5, 0.6) is 17.2 Å². The quantitative estimate of drug-likeness (QED) is 0.121. The van der Waals surface area contributed by atoms with E-state index >= 15 is 0 Å². The minimum Gasteiger partial charge on any atom is -0.490 e. The van der Waals surface area contributed by atoms with Gasteiger partial charge in [0.2, 0.25) is 0 Å². The van der Waals surface area contributed by atoms with Crippen molar-refractivity contribution in [3.8, 4) is 17.2 Å². The summed E-state index contributed by atoms with van der Waals surface area (Å²) in [5.41, 5.74) is 1.40. The van der Waals surface area contributed by atoms with Gasteiger partial charge in [0.05, 0.1) is 25.1 Å². The molecule has 0 heterocycles. The molecule has 0 saturated heterocycles.